The minimum absolute atomic E-state index is 0.337. The van der Waals surface area contributed by atoms with Gasteiger partial charge in [-0.2, -0.15) is 0 Å². The summed E-state index contributed by atoms with van der Waals surface area (Å²) in [6.07, 6.45) is 1.48. The molecule has 0 unspecified atom stereocenters. The molecule has 0 bridgehead atoms. The van der Waals surface area contributed by atoms with Crippen molar-refractivity contribution in [1.82, 2.24) is 4.98 Å². The summed E-state index contributed by atoms with van der Waals surface area (Å²) < 4.78 is 25.8. The lowest BCUT2D eigenvalue weighted by Crippen LogP contribution is -2.41. The van der Waals surface area contributed by atoms with E-state index in [0.29, 0.717) is 11.3 Å². The molecule has 1 fully saturated rings. The average molecular weight is 266 g/mol. The van der Waals surface area contributed by atoms with Crippen LogP contribution in [0.2, 0.25) is 0 Å². The molecular formula is C13H20BFN2O2. The van der Waals surface area contributed by atoms with E-state index in [1.165, 1.54) is 12.3 Å². The van der Waals surface area contributed by atoms with Gasteiger partial charge in [-0.3, -0.25) is 0 Å². The number of rotatable bonds is 2. The summed E-state index contributed by atoms with van der Waals surface area (Å²) in [5.74, 6) is 0.204. The number of aromatic nitrogens is 1. The molecular weight excluding hydrogens is 246 g/mol. The van der Waals surface area contributed by atoms with Crippen molar-refractivity contribution in [2.75, 3.05) is 19.0 Å². The molecule has 1 aromatic heterocycles. The summed E-state index contributed by atoms with van der Waals surface area (Å²) in [4.78, 5) is 5.95. The molecule has 0 amide bonds. The SMILES string of the molecule is CN(C)c1cc(F)c(B2OC(C)(C)C(C)(C)O2)cn1. The largest absolute Gasteiger partial charge is 0.499 e. The highest BCUT2D eigenvalue weighted by atomic mass is 19.1. The Balaban J connectivity index is 2.30. The van der Waals surface area contributed by atoms with Crippen molar-refractivity contribution in [3.05, 3.63) is 18.1 Å². The molecule has 2 heterocycles. The minimum Gasteiger partial charge on any atom is -0.399 e. The van der Waals surface area contributed by atoms with E-state index in [0.717, 1.165) is 0 Å². The van der Waals surface area contributed by atoms with Gasteiger partial charge in [-0.05, 0) is 27.7 Å². The molecule has 1 aliphatic heterocycles. The van der Waals surface area contributed by atoms with Gasteiger partial charge in [0.1, 0.15) is 11.6 Å². The minimum atomic E-state index is -0.714. The molecule has 0 aromatic carbocycles. The third kappa shape index (κ3) is 2.47. The predicted octanol–water partition coefficient (Wildman–Crippen LogP) is 1.59. The second kappa shape index (κ2) is 4.46. The van der Waals surface area contributed by atoms with Crippen LogP contribution in [0.25, 0.3) is 0 Å². The van der Waals surface area contributed by atoms with Crippen LogP contribution in [0, 0.1) is 5.82 Å². The van der Waals surface area contributed by atoms with Gasteiger partial charge in [0.25, 0.3) is 0 Å². The fourth-order valence-electron chi connectivity index (χ4n) is 1.82. The first-order chi connectivity index (χ1) is 8.64. The van der Waals surface area contributed by atoms with E-state index in [4.69, 9.17) is 9.31 Å². The van der Waals surface area contributed by atoms with Crippen molar-refractivity contribution in [3.63, 3.8) is 0 Å². The van der Waals surface area contributed by atoms with Crippen LogP contribution < -0.4 is 10.4 Å². The fourth-order valence-corrected chi connectivity index (χ4v) is 1.82. The first kappa shape index (κ1) is 14.3. The Morgan fingerprint density at radius 3 is 2.11 bits per heavy atom. The fraction of sp³-hybridized carbons (Fsp3) is 0.615. The Morgan fingerprint density at radius 2 is 1.68 bits per heavy atom. The lowest BCUT2D eigenvalue weighted by Gasteiger charge is -2.32. The molecule has 6 heteroatoms. The smallest absolute Gasteiger partial charge is 0.399 e. The van der Waals surface area contributed by atoms with Crippen LogP contribution in [-0.2, 0) is 9.31 Å². The molecule has 0 N–H and O–H groups in total. The summed E-state index contributed by atoms with van der Waals surface area (Å²) in [5, 5.41) is 0. The summed E-state index contributed by atoms with van der Waals surface area (Å²) in [5.41, 5.74) is -0.626. The maximum absolute atomic E-state index is 14.1. The van der Waals surface area contributed by atoms with Crippen LogP contribution in [0.1, 0.15) is 27.7 Å². The lowest BCUT2D eigenvalue weighted by molar-refractivity contribution is 0.00578. The average Bonchev–Trinajstić information content (AvgIpc) is 2.47. The van der Waals surface area contributed by atoms with Crippen molar-refractivity contribution in [1.29, 1.82) is 0 Å². The van der Waals surface area contributed by atoms with Crippen LogP contribution in [0.15, 0.2) is 12.3 Å². The highest BCUT2D eigenvalue weighted by Gasteiger charge is 2.52. The monoisotopic (exact) mass is 266 g/mol. The number of hydrogen-bond acceptors (Lipinski definition) is 4. The van der Waals surface area contributed by atoms with Gasteiger partial charge in [0.2, 0.25) is 0 Å². The highest BCUT2D eigenvalue weighted by Crippen LogP contribution is 2.36. The standard InChI is InChI=1S/C13H20BFN2O2/c1-12(2)13(3,4)19-14(18-12)9-8-16-11(17(5)6)7-10(9)15/h7-8H,1-6H3. The maximum Gasteiger partial charge on any atom is 0.499 e. The summed E-state index contributed by atoms with van der Waals surface area (Å²) in [6.45, 7) is 7.75. The van der Waals surface area contributed by atoms with Crippen LogP contribution in [0.3, 0.4) is 0 Å². The van der Waals surface area contributed by atoms with E-state index in [-0.39, 0.29) is 5.82 Å². The Bertz CT molecular complexity index is 476. The van der Waals surface area contributed by atoms with E-state index in [1.54, 1.807) is 4.90 Å². The van der Waals surface area contributed by atoms with Crippen molar-refractivity contribution in [3.8, 4) is 0 Å². The van der Waals surface area contributed by atoms with Crippen LogP contribution in [-0.4, -0.2) is 37.4 Å². The molecule has 19 heavy (non-hydrogen) atoms. The van der Waals surface area contributed by atoms with Crippen LogP contribution in [0.4, 0.5) is 10.2 Å². The topological polar surface area (TPSA) is 34.6 Å². The van der Waals surface area contributed by atoms with Gasteiger partial charge in [0.05, 0.1) is 11.2 Å². The van der Waals surface area contributed by atoms with Gasteiger partial charge >= 0.3 is 7.12 Å². The number of anilines is 1. The van der Waals surface area contributed by atoms with E-state index >= 15 is 0 Å². The predicted molar refractivity (Wildman–Crippen MR) is 74.2 cm³/mol. The first-order valence-electron chi connectivity index (χ1n) is 6.32. The zero-order chi connectivity index (χ0) is 14.4. The van der Waals surface area contributed by atoms with E-state index in [9.17, 15) is 4.39 Å². The zero-order valence-corrected chi connectivity index (χ0v) is 12.3. The van der Waals surface area contributed by atoms with Crippen molar-refractivity contribution in [2.45, 2.75) is 38.9 Å². The molecule has 1 saturated heterocycles. The van der Waals surface area contributed by atoms with Gasteiger partial charge in [-0.15, -0.1) is 0 Å². The van der Waals surface area contributed by atoms with Gasteiger partial charge < -0.3 is 14.2 Å². The molecule has 0 aliphatic carbocycles. The van der Waals surface area contributed by atoms with E-state index in [2.05, 4.69) is 4.98 Å². The molecule has 4 nitrogen and oxygen atoms in total. The first-order valence-corrected chi connectivity index (χ1v) is 6.32. The van der Waals surface area contributed by atoms with Crippen LogP contribution >= 0.6 is 0 Å². The van der Waals surface area contributed by atoms with Crippen molar-refractivity contribution < 1.29 is 13.7 Å². The molecule has 0 saturated carbocycles. The maximum atomic E-state index is 14.1. The Hall–Kier alpha value is -1.14. The van der Waals surface area contributed by atoms with Gasteiger partial charge in [-0.25, -0.2) is 9.37 Å². The summed E-state index contributed by atoms with van der Waals surface area (Å²) in [7, 11) is 2.92. The summed E-state index contributed by atoms with van der Waals surface area (Å²) >= 11 is 0. The quantitative estimate of drug-likeness (QED) is 0.761. The van der Waals surface area contributed by atoms with Gasteiger partial charge in [0, 0.05) is 31.8 Å². The number of halogens is 1. The highest BCUT2D eigenvalue weighted by molar-refractivity contribution is 6.62. The Morgan fingerprint density at radius 1 is 1.16 bits per heavy atom. The van der Waals surface area contributed by atoms with Gasteiger partial charge in [-0.1, -0.05) is 0 Å². The molecule has 2 rings (SSSR count). The van der Waals surface area contributed by atoms with E-state index in [1.807, 2.05) is 41.8 Å². The Kier molecular flexibility index (Phi) is 3.35. The summed E-state index contributed by atoms with van der Waals surface area (Å²) in [6, 6.07) is 1.39. The molecule has 1 aliphatic rings. The van der Waals surface area contributed by atoms with Gasteiger partial charge in [0.15, 0.2) is 0 Å². The van der Waals surface area contributed by atoms with Crippen LogP contribution in [0.5, 0.6) is 0 Å². The lowest BCUT2D eigenvalue weighted by atomic mass is 9.80. The molecule has 1 aromatic rings. The molecule has 104 valence electrons. The second-order valence-electron chi connectivity index (χ2n) is 6.05. The third-order valence-corrected chi connectivity index (χ3v) is 3.83. The third-order valence-electron chi connectivity index (χ3n) is 3.83. The molecule has 0 atom stereocenters. The number of pyridine rings is 1. The second-order valence-corrected chi connectivity index (χ2v) is 6.05. The zero-order valence-electron chi connectivity index (χ0n) is 12.3. The number of nitrogens with zero attached hydrogens (tertiary/aromatic N) is 2. The molecule has 0 spiro atoms. The molecule has 0 radical (unpaired) electrons. The van der Waals surface area contributed by atoms with Crippen molar-refractivity contribution in [2.24, 2.45) is 0 Å². The number of hydrogen-bond donors (Lipinski definition) is 0. The normalized spacial score (nSPS) is 20.7. The van der Waals surface area contributed by atoms with Crippen molar-refractivity contribution >= 4 is 18.4 Å². The van der Waals surface area contributed by atoms with E-state index < -0.39 is 18.3 Å². The Labute approximate surface area is 114 Å².